The van der Waals surface area contributed by atoms with Crippen molar-refractivity contribution in [3.63, 3.8) is 0 Å². The van der Waals surface area contributed by atoms with Gasteiger partial charge in [0.15, 0.2) is 10.6 Å². The number of aromatic nitrogens is 1. The molecule has 0 aliphatic carbocycles. The van der Waals surface area contributed by atoms with Crippen LogP contribution in [0.3, 0.4) is 0 Å². The fourth-order valence-electron chi connectivity index (χ4n) is 3.62. The third-order valence-corrected chi connectivity index (χ3v) is 6.12. The number of amides is 1. The second kappa shape index (κ2) is 6.50. The van der Waals surface area contributed by atoms with Crippen LogP contribution in [0.15, 0.2) is 57.2 Å². The maximum atomic E-state index is 14.0. The molecule has 1 amide bonds. The molecule has 144 valence electrons. The van der Waals surface area contributed by atoms with Crippen LogP contribution in [0.2, 0.25) is 5.02 Å². The molecule has 0 bridgehead atoms. The van der Waals surface area contributed by atoms with E-state index in [0.717, 1.165) is 5.56 Å². The van der Waals surface area contributed by atoms with E-state index in [1.807, 2.05) is 0 Å². The number of halogens is 2. The molecule has 4 aromatic rings. The minimum atomic E-state index is -0.847. The molecule has 29 heavy (non-hydrogen) atoms. The topological polar surface area (TPSA) is 63.4 Å². The van der Waals surface area contributed by atoms with E-state index in [9.17, 15) is 14.0 Å². The number of hydrogen-bond acceptors (Lipinski definition) is 5. The van der Waals surface area contributed by atoms with Crippen molar-refractivity contribution in [1.29, 1.82) is 0 Å². The van der Waals surface area contributed by atoms with Crippen LogP contribution < -0.4 is 10.3 Å². The summed E-state index contributed by atoms with van der Waals surface area (Å²) in [7, 11) is 0. The first kappa shape index (κ1) is 18.0. The first-order valence-electron chi connectivity index (χ1n) is 8.71. The number of carbonyl (C=O) groups excluding carboxylic acids is 1. The number of benzene rings is 2. The van der Waals surface area contributed by atoms with Crippen molar-refractivity contribution in [3.8, 4) is 0 Å². The zero-order valence-corrected chi connectivity index (χ0v) is 16.6. The Morgan fingerprint density at radius 1 is 1.24 bits per heavy atom. The smallest absolute Gasteiger partial charge is 0.297 e. The van der Waals surface area contributed by atoms with Crippen molar-refractivity contribution in [2.24, 2.45) is 0 Å². The van der Waals surface area contributed by atoms with Gasteiger partial charge in [-0.15, -0.1) is 11.3 Å². The van der Waals surface area contributed by atoms with Gasteiger partial charge < -0.3 is 4.42 Å². The van der Waals surface area contributed by atoms with Gasteiger partial charge in [0.25, 0.3) is 5.91 Å². The summed E-state index contributed by atoms with van der Waals surface area (Å²) in [4.78, 5) is 32.3. The lowest BCUT2D eigenvalue weighted by molar-refractivity contribution is 0.0971. The Labute approximate surface area is 173 Å². The average molecular weight is 427 g/mol. The Morgan fingerprint density at radius 3 is 2.79 bits per heavy atom. The van der Waals surface area contributed by atoms with Crippen LogP contribution in [-0.4, -0.2) is 10.9 Å². The predicted octanol–water partition coefficient (Wildman–Crippen LogP) is 5.10. The van der Waals surface area contributed by atoms with Gasteiger partial charge in [-0.3, -0.25) is 14.5 Å². The number of thiazole rings is 1. The molecule has 0 saturated heterocycles. The lowest BCUT2D eigenvalue weighted by atomic mass is 9.98. The summed E-state index contributed by atoms with van der Waals surface area (Å²) in [6.07, 6.45) is 1.56. The minimum Gasteiger partial charge on any atom is -0.450 e. The zero-order chi connectivity index (χ0) is 20.3. The molecule has 0 saturated carbocycles. The number of nitrogens with zero attached hydrogens (tertiary/aromatic N) is 2. The number of hydrogen-bond donors (Lipinski definition) is 0. The predicted molar refractivity (Wildman–Crippen MR) is 109 cm³/mol. The van der Waals surface area contributed by atoms with Gasteiger partial charge in [0, 0.05) is 16.6 Å². The highest BCUT2D eigenvalue weighted by atomic mass is 35.5. The normalized spacial score (nSPS) is 15.9. The summed E-state index contributed by atoms with van der Waals surface area (Å²) in [5.74, 6) is -1.02. The molecule has 1 atom stereocenters. The van der Waals surface area contributed by atoms with E-state index >= 15 is 0 Å². The molecule has 0 N–H and O–H groups in total. The standard InChI is InChI=1S/C21H12ClFN2O3S/c1-10-7-15-13(9-14(10)22)18(26)16-17(11-3-2-4-12(23)8-11)25(20(27)19(16)28-15)21-24-5-6-29-21/h2-9,17H,1H3. The van der Waals surface area contributed by atoms with Crippen LogP contribution in [0.25, 0.3) is 11.0 Å². The number of anilines is 1. The van der Waals surface area contributed by atoms with E-state index in [4.69, 9.17) is 16.0 Å². The zero-order valence-electron chi connectivity index (χ0n) is 15.0. The van der Waals surface area contributed by atoms with E-state index in [2.05, 4.69) is 4.98 Å². The Hall–Kier alpha value is -3.03. The molecular formula is C21H12ClFN2O3S. The summed E-state index contributed by atoms with van der Waals surface area (Å²) in [6.45, 7) is 1.79. The van der Waals surface area contributed by atoms with Crippen LogP contribution in [0, 0.1) is 12.7 Å². The molecule has 0 spiro atoms. The molecule has 8 heteroatoms. The average Bonchev–Trinajstić information content (AvgIpc) is 3.30. The lowest BCUT2D eigenvalue weighted by Gasteiger charge is -2.22. The summed E-state index contributed by atoms with van der Waals surface area (Å²) in [6, 6.07) is 8.14. The van der Waals surface area contributed by atoms with E-state index in [0.29, 0.717) is 15.7 Å². The molecule has 2 aromatic carbocycles. The van der Waals surface area contributed by atoms with Crippen molar-refractivity contribution >= 4 is 44.9 Å². The van der Waals surface area contributed by atoms with Gasteiger partial charge in [0.2, 0.25) is 5.76 Å². The SMILES string of the molecule is Cc1cc2oc3c(c(=O)c2cc1Cl)C(c1cccc(F)c1)N(c1nccs1)C3=O. The van der Waals surface area contributed by atoms with Crippen LogP contribution >= 0.6 is 22.9 Å². The molecular weight excluding hydrogens is 415 g/mol. The highest BCUT2D eigenvalue weighted by molar-refractivity contribution is 7.13. The number of rotatable bonds is 2. The number of fused-ring (bicyclic) bond motifs is 2. The molecule has 2 aromatic heterocycles. The molecule has 5 rings (SSSR count). The van der Waals surface area contributed by atoms with Crippen molar-refractivity contribution in [2.75, 3.05) is 4.90 Å². The highest BCUT2D eigenvalue weighted by Gasteiger charge is 2.44. The Bertz CT molecular complexity index is 1350. The van der Waals surface area contributed by atoms with Gasteiger partial charge in [0.1, 0.15) is 11.4 Å². The molecule has 3 heterocycles. The first-order chi connectivity index (χ1) is 14.0. The largest absolute Gasteiger partial charge is 0.450 e. The van der Waals surface area contributed by atoms with E-state index in [1.165, 1.54) is 40.5 Å². The van der Waals surface area contributed by atoms with E-state index in [-0.39, 0.29) is 27.7 Å². The third-order valence-electron chi connectivity index (χ3n) is 4.94. The van der Waals surface area contributed by atoms with Crippen LogP contribution in [0.1, 0.15) is 33.3 Å². The number of carbonyl (C=O) groups is 1. The van der Waals surface area contributed by atoms with Gasteiger partial charge in [-0.25, -0.2) is 9.37 Å². The molecule has 5 nitrogen and oxygen atoms in total. The summed E-state index contributed by atoms with van der Waals surface area (Å²) < 4.78 is 19.9. The quantitative estimate of drug-likeness (QED) is 0.447. The van der Waals surface area contributed by atoms with Gasteiger partial charge in [0.05, 0.1) is 17.0 Å². The Morgan fingerprint density at radius 2 is 2.07 bits per heavy atom. The minimum absolute atomic E-state index is 0.0614. The fraction of sp³-hybridized carbons (Fsp3) is 0.0952. The van der Waals surface area contributed by atoms with Crippen molar-refractivity contribution in [1.82, 2.24) is 4.98 Å². The Kier molecular flexibility index (Phi) is 4.04. The summed E-state index contributed by atoms with van der Waals surface area (Å²) in [5.41, 5.74) is 1.25. The fourth-order valence-corrected chi connectivity index (χ4v) is 4.45. The maximum Gasteiger partial charge on any atom is 0.297 e. The Balaban J connectivity index is 1.85. The van der Waals surface area contributed by atoms with Gasteiger partial charge >= 0.3 is 0 Å². The first-order valence-corrected chi connectivity index (χ1v) is 9.97. The van der Waals surface area contributed by atoms with Crippen molar-refractivity contribution < 1.29 is 13.6 Å². The van der Waals surface area contributed by atoms with Crippen molar-refractivity contribution in [2.45, 2.75) is 13.0 Å². The van der Waals surface area contributed by atoms with Gasteiger partial charge in [-0.1, -0.05) is 23.7 Å². The molecule has 1 aliphatic rings. The van der Waals surface area contributed by atoms with Crippen LogP contribution in [0.4, 0.5) is 9.52 Å². The van der Waals surface area contributed by atoms with Crippen molar-refractivity contribution in [3.05, 3.63) is 91.5 Å². The molecule has 0 radical (unpaired) electrons. The third kappa shape index (κ3) is 2.69. The molecule has 1 aliphatic heterocycles. The second-order valence-corrected chi connectivity index (χ2v) is 8.00. The maximum absolute atomic E-state index is 14.0. The van der Waals surface area contributed by atoms with Crippen LogP contribution in [-0.2, 0) is 0 Å². The van der Waals surface area contributed by atoms with E-state index in [1.54, 1.807) is 30.6 Å². The molecule has 0 fully saturated rings. The molecule has 1 unspecified atom stereocenters. The highest BCUT2D eigenvalue weighted by Crippen LogP contribution is 2.42. The van der Waals surface area contributed by atoms with Gasteiger partial charge in [-0.2, -0.15) is 0 Å². The second-order valence-electron chi connectivity index (χ2n) is 6.72. The van der Waals surface area contributed by atoms with Gasteiger partial charge in [-0.05, 0) is 42.3 Å². The monoisotopic (exact) mass is 426 g/mol. The van der Waals surface area contributed by atoms with Crippen LogP contribution in [0.5, 0.6) is 0 Å². The lowest BCUT2D eigenvalue weighted by Crippen LogP contribution is -2.29. The number of aryl methyl sites for hydroxylation is 1. The van der Waals surface area contributed by atoms with E-state index < -0.39 is 17.8 Å². The summed E-state index contributed by atoms with van der Waals surface area (Å²) in [5, 5.41) is 2.82. The summed E-state index contributed by atoms with van der Waals surface area (Å²) >= 11 is 7.46.